The van der Waals surface area contributed by atoms with Crippen LogP contribution in [0.4, 0.5) is 0 Å². The van der Waals surface area contributed by atoms with E-state index in [0.29, 0.717) is 5.92 Å². The van der Waals surface area contributed by atoms with Crippen LogP contribution in [0.1, 0.15) is 30.1 Å². The van der Waals surface area contributed by atoms with Gasteiger partial charge in [0.25, 0.3) is 0 Å². The summed E-state index contributed by atoms with van der Waals surface area (Å²) in [6, 6.07) is 12.3. The van der Waals surface area contributed by atoms with Crippen molar-refractivity contribution < 1.29 is 0 Å². The predicted molar refractivity (Wildman–Crippen MR) is 118 cm³/mol. The van der Waals surface area contributed by atoms with Crippen LogP contribution in [-0.2, 0) is 6.54 Å². The largest absolute Gasteiger partial charge is 0.297 e. The molecule has 5 rings (SSSR count). The molecule has 5 nitrogen and oxygen atoms in total. The van der Waals surface area contributed by atoms with Crippen molar-refractivity contribution in [1.82, 2.24) is 24.6 Å². The first kappa shape index (κ1) is 18.6. The summed E-state index contributed by atoms with van der Waals surface area (Å²) in [6.07, 6.45) is 8.25. The van der Waals surface area contributed by atoms with Crippen molar-refractivity contribution >= 4 is 22.9 Å². The molecule has 0 bridgehead atoms. The lowest BCUT2D eigenvalue weighted by atomic mass is 9.90. The molecule has 4 heterocycles. The van der Waals surface area contributed by atoms with Gasteiger partial charge in [0.15, 0.2) is 5.13 Å². The summed E-state index contributed by atoms with van der Waals surface area (Å²) in [4.78, 5) is 7.00. The van der Waals surface area contributed by atoms with Gasteiger partial charge in [-0.25, -0.2) is 4.98 Å². The van der Waals surface area contributed by atoms with Crippen LogP contribution in [0.2, 0.25) is 5.02 Å². The number of aromatic amines is 1. The number of rotatable bonds is 5. The average Bonchev–Trinajstić information content (AvgIpc) is 3.50. The van der Waals surface area contributed by atoms with Crippen molar-refractivity contribution in [2.24, 2.45) is 0 Å². The highest BCUT2D eigenvalue weighted by atomic mass is 35.5. The van der Waals surface area contributed by atoms with Gasteiger partial charge in [0.05, 0.1) is 6.20 Å². The van der Waals surface area contributed by atoms with E-state index in [-0.39, 0.29) is 0 Å². The Bertz CT molecular complexity index is 1070. The minimum atomic E-state index is 0.445. The zero-order valence-corrected chi connectivity index (χ0v) is 17.5. The number of thiazole rings is 1. The van der Waals surface area contributed by atoms with Gasteiger partial charge in [0.1, 0.15) is 0 Å². The molecule has 0 amide bonds. The molecule has 3 aromatic heterocycles. The maximum atomic E-state index is 6.06. The van der Waals surface area contributed by atoms with Crippen LogP contribution in [0.25, 0.3) is 16.3 Å². The van der Waals surface area contributed by atoms with Gasteiger partial charge in [0.2, 0.25) is 0 Å². The van der Waals surface area contributed by atoms with Crippen molar-refractivity contribution in [2.75, 3.05) is 13.1 Å². The predicted octanol–water partition coefficient (Wildman–Crippen LogP) is 5.36. The van der Waals surface area contributed by atoms with Gasteiger partial charge in [-0.15, -0.1) is 11.3 Å². The Kier molecular flexibility index (Phi) is 5.23. The third-order valence-electron chi connectivity index (χ3n) is 5.58. The molecule has 7 heteroatoms. The van der Waals surface area contributed by atoms with E-state index in [4.69, 9.17) is 11.6 Å². The quantitative estimate of drug-likeness (QED) is 0.470. The molecule has 0 aliphatic carbocycles. The van der Waals surface area contributed by atoms with E-state index < -0.39 is 0 Å². The molecule has 148 valence electrons. The van der Waals surface area contributed by atoms with Crippen LogP contribution < -0.4 is 0 Å². The Labute approximate surface area is 179 Å². The summed E-state index contributed by atoms with van der Waals surface area (Å²) in [5.74, 6) is 0.445. The van der Waals surface area contributed by atoms with E-state index in [2.05, 4.69) is 55.1 Å². The summed E-state index contributed by atoms with van der Waals surface area (Å²) in [7, 11) is 0. The van der Waals surface area contributed by atoms with Gasteiger partial charge in [-0.05, 0) is 49.2 Å². The third-order valence-corrected chi connectivity index (χ3v) is 6.60. The molecule has 1 aliphatic rings. The van der Waals surface area contributed by atoms with Gasteiger partial charge in [-0.1, -0.05) is 23.7 Å². The van der Waals surface area contributed by atoms with E-state index in [9.17, 15) is 0 Å². The summed E-state index contributed by atoms with van der Waals surface area (Å²) in [5, 5.41) is 11.4. The van der Waals surface area contributed by atoms with E-state index in [0.717, 1.165) is 35.4 Å². The zero-order valence-electron chi connectivity index (χ0n) is 16.0. The number of nitrogens with one attached hydrogen (secondary N) is 1. The Balaban J connectivity index is 1.34. The maximum Gasteiger partial charge on any atom is 0.193 e. The fourth-order valence-corrected chi connectivity index (χ4v) is 4.98. The second-order valence-electron chi connectivity index (χ2n) is 7.46. The highest BCUT2D eigenvalue weighted by molar-refractivity contribution is 7.12. The lowest BCUT2D eigenvalue weighted by molar-refractivity contribution is 0.196. The monoisotopic (exact) mass is 423 g/mol. The number of aromatic nitrogens is 4. The number of hydrogen-bond donors (Lipinski definition) is 1. The first-order valence-electron chi connectivity index (χ1n) is 9.85. The minimum absolute atomic E-state index is 0.445. The fourth-order valence-electron chi connectivity index (χ4n) is 4.20. The van der Waals surface area contributed by atoms with Crippen LogP contribution in [0.15, 0.2) is 60.4 Å². The van der Waals surface area contributed by atoms with Gasteiger partial charge >= 0.3 is 0 Å². The van der Waals surface area contributed by atoms with Crippen molar-refractivity contribution in [3.05, 3.63) is 76.8 Å². The van der Waals surface area contributed by atoms with Gasteiger partial charge in [-0.3, -0.25) is 14.6 Å². The molecule has 1 saturated heterocycles. The zero-order chi connectivity index (χ0) is 19.6. The van der Waals surface area contributed by atoms with Gasteiger partial charge in [0, 0.05) is 58.8 Å². The summed E-state index contributed by atoms with van der Waals surface area (Å²) >= 11 is 7.73. The molecule has 0 unspecified atom stereocenters. The standard InChI is InChI=1S/C22H22ClN5S/c23-18-7-5-16(6-8-18)20-13-25-26-21(20)17-3-1-10-27(14-17)15-19-4-2-11-28(19)22-24-9-12-29-22/h2,4-9,11-13,17H,1,3,10,14-15H2,(H,25,26)/t17-/m0/s1. The number of H-pyrrole nitrogens is 1. The Hall–Kier alpha value is -2.41. The Morgan fingerprint density at radius 2 is 2.10 bits per heavy atom. The molecule has 29 heavy (non-hydrogen) atoms. The topological polar surface area (TPSA) is 49.7 Å². The lowest BCUT2D eigenvalue weighted by Crippen LogP contribution is -2.34. The Morgan fingerprint density at radius 1 is 1.21 bits per heavy atom. The van der Waals surface area contributed by atoms with Crippen LogP contribution in [0.3, 0.4) is 0 Å². The van der Waals surface area contributed by atoms with Crippen LogP contribution in [0.5, 0.6) is 0 Å². The van der Waals surface area contributed by atoms with Gasteiger partial charge in [-0.2, -0.15) is 5.10 Å². The van der Waals surface area contributed by atoms with Crippen molar-refractivity contribution in [2.45, 2.75) is 25.3 Å². The van der Waals surface area contributed by atoms with Crippen molar-refractivity contribution in [3.63, 3.8) is 0 Å². The number of benzene rings is 1. The normalized spacial score (nSPS) is 17.6. The molecule has 0 saturated carbocycles. The van der Waals surface area contributed by atoms with E-state index >= 15 is 0 Å². The lowest BCUT2D eigenvalue weighted by Gasteiger charge is -2.32. The maximum absolute atomic E-state index is 6.06. The molecular weight excluding hydrogens is 402 g/mol. The van der Waals surface area contributed by atoms with Crippen LogP contribution >= 0.6 is 22.9 Å². The summed E-state index contributed by atoms with van der Waals surface area (Å²) < 4.78 is 2.20. The molecule has 4 aromatic rings. The molecule has 1 N–H and O–H groups in total. The molecule has 0 radical (unpaired) electrons. The smallest absolute Gasteiger partial charge is 0.193 e. The minimum Gasteiger partial charge on any atom is -0.297 e. The summed E-state index contributed by atoms with van der Waals surface area (Å²) in [6.45, 7) is 3.06. The third kappa shape index (κ3) is 3.88. The van der Waals surface area contributed by atoms with E-state index in [1.54, 1.807) is 11.3 Å². The van der Waals surface area contributed by atoms with E-state index in [1.807, 2.05) is 29.9 Å². The number of piperidine rings is 1. The number of likely N-dealkylation sites (tertiary alicyclic amines) is 1. The highest BCUT2D eigenvalue weighted by Gasteiger charge is 2.25. The second kappa shape index (κ2) is 8.14. The number of hydrogen-bond acceptors (Lipinski definition) is 4. The number of nitrogens with zero attached hydrogens (tertiary/aromatic N) is 4. The molecule has 1 aliphatic heterocycles. The first-order valence-corrected chi connectivity index (χ1v) is 11.1. The number of halogens is 1. The molecule has 1 aromatic carbocycles. The molecule has 1 fully saturated rings. The van der Waals surface area contributed by atoms with Crippen LogP contribution in [-0.4, -0.2) is 37.7 Å². The average molecular weight is 424 g/mol. The highest BCUT2D eigenvalue weighted by Crippen LogP contribution is 2.34. The van der Waals surface area contributed by atoms with Crippen molar-refractivity contribution in [3.8, 4) is 16.3 Å². The molecular formula is C22H22ClN5S. The summed E-state index contributed by atoms with van der Waals surface area (Å²) in [5.41, 5.74) is 4.85. The second-order valence-corrected chi connectivity index (χ2v) is 8.77. The SMILES string of the molecule is Clc1ccc(-c2cn[nH]c2[C@H]2CCCN(Cc3cccn3-c3nccs3)C2)cc1. The first-order chi connectivity index (χ1) is 14.3. The fraction of sp³-hybridized carbons (Fsp3) is 0.273. The van der Waals surface area contributed by atoms with Crippen molar-refractivity contribution in [1.29, 1.82) is 0 Å². The van der Waals surface area contributed by atoms with Crippen LogP contribution in [0, 0.1) is 0 Å². The van der Waals surface area contributed by atoms with E-state index in [1.165, 1.54) is 29.8 Å². The Morgan fingerprint density at radius 3 is 2.93 bits per heavy atom. The molecule has 1 atom stereocenters. The molecule has 0 spiro atoms. The van der Waals surface area contributed by atoms with Gasteiger partial charge < -0.3 is 0 Å².